The van der Waals surface area contributed by atoms with E-state index in [0.717, 1.165) is 24.1 Å². The van der Waals surface area contributed by atoms with Crippen molar-refractivity contribution in [1.82, 2.24) is 19.5 Å². The normalized spacial score (nSPS) is 34.0. The predicted molar refractivity (Wildman–Crippen MR) is 77.8 cm³/mol. The summed E-state index contributed by atoms with van der Waals surface area (Å²) < 4.78 is 40.1. The SMILES string of the molecule is C[C@@]1(O)[C@H](O)[C@@H](CO)O[C@]1(n1cnc2c(N)ncnc21)S(=O)(=O)O. The van der Waals surface area contributed by atoms with E-state index in [1.54, 1.807) is 0 Å². The minimum Gasteiger partial charge on any atom is -0.394 e. The second kappa shape index (κ2) is 5.05. The van der Waals surface area contributed by atoms with Gasteiger partial charge >= 0.3 is 15.2 Å². The number of aromatic nitrogens is 4. The molecule has 1 saturated heterocycles. The Kier molecular flexibility index (Phi) is 3.56. The van der Waals surface area contributed by atoms with Gasteiger partial charge in [-0.3, -0.25) is 9.12 Å². The number of aliphatic hydroxyl groups is 3. The zero-order chi connectivity index (χ0) is 17.9. The van der Waals surface area contributed by atoms with E-state index < -0.39 is 39.6 Å². The third kappa shape index (κ3) is 1.90. The van der Waals surface area contributed by atoms with Crippen molar-refractivity contribution in [3.63, 3.8) is 0 Å². The minimum atomic E-state index is -5.20. The van der Waals surface area contributed by atoms with Crippen LogP contribution in [0.15, 0.2) is 12.7 Å². The van der Waals surface area contributed by atoms with Gasteiger partial charge in [0.2, 0.25) is 0 Å². The molecule has 132 valence electrons. The van der Waals surface area contributed by atoms with Crippen molar-refractivity contribution in [2.45, 2.75) is 29.8 Å². The molecule has 24 heavy (non-hydrogen) atoms. The topological polar surface area (TPSA) is 194 Å². The highest BCUT2D eigenvalue weighted by Gasteiger charge is 2.71. The van der Waals surface area contributed by atoms with Gasteiger partial charge in [0.15, 0.2) is 17.1 Å². The second-order valence-corrected chi connectivity index (χ2v) is 7.04. The summed E-state index contributed by atoms with van der Waals surface area (Å²) in [6, 6.07) is 0. The number of anilines is 1. The van der Waals surface area contributed by atoms with Gasteiger partial charge in [0, 0.05) is 0 Å². The van der Waals surface area contributed by atoms with E-state index in [0.29, 0.717) is 0 Å². The lowest BCUT2D eigenvalue weighted by molar-refractivity contribution is -0.132. The number of rotatable bonds is 3. The Morgan fingerprint density at radius 3 is 2.62 bits per heavy atom. The number of ether oxygens (including phenoxy) is 1. The number of imidazole rings is 1. The van der Waals surface area contributed by atoms with E-state index in [1.165, 1.54) is 0 Å². The average Bonchev–Trinajstić information content (AvgIpc) is 2.99. The van der Waals surface area contributed by atoms with Gasteiger partial charge in [-0.1, -0.05) is 0 Å². The maximum absolute atomic E-state index is 12.2. The molecule has 0 bridgehead atoms. The van der Waals surface area contributed by atoms with Crippen LogP contribution in [0.3, 0.4) is 0 Å². The Bertz CT molecular complexity index is 897. The molecule has 0 unspecified atom stereocenters. The molecule has 1 fully saturated rings. The first kappa shape index (κ1) is 16.9. The summed E-state index contributed by atoms with van der Waals surface area (Å²) in [5.41, 5.74) is 2.92. The van der Waals surface area contributed by atoms with E-state index >= 15 is 0 Å². The van der Waals surface area contributed by atoms with Crippen LogP contribution >= 0.6 is 0 Å². The number of nitrogens with two attached hydrogens (primary N) is 1. The standard InChI is InChI=1S/C11H15N5O7S/c1-10(19)7(18)5(2-17)23-11(10,24(20,21)22)16-4-15-6-8(12)13-3-14-9(6)16/h3-5,7,17-19H,2H2,1H3,(H2,12,13,14)(H,20,21,22)/t5-,7-,10-,11+/m1/s1. The maximum atomic E-state index is 12.2. The van der Waals surface area contributed by atoms with Crippen LogP contribution in [-0.4, -0.2) is 72.2 Å². The van der Waals surface area contributed by atoms with Crippen LogP contribution in [0.2, 0.25) is 0 Å². The van der Waals surface area contributed by atoms with E-state index in [2.05, 4.69) is 15.0 Å². The third-order valence-corrected chi connectivity index (χ3v) is 5.49. The molecule has 13 heteroatoms. The lowest BCUT2D eigenvalue weighted by atomic mass is 9.96. The molecule has 1 aliphatic heterocycles. The van der Waals surface area contributed by atoms with E-state index in [4.69, 9.17) is 10.5 Å². The van der Waals surface area contributed by atoms with Crippen LogP contribution < -0.4 is 5.73 Å². The molecular weight excluding hydrogens is 346 g/mol. The lowest BCUT2D eigenvalue weighted by Crippen LogP contribution is -2.59. The maximum Gasteiger partial charge on any atom is 0.319 e. The second-order valence-electron chi connectivity index (χ2n) is 5.53. The molecule has 3 rings (SSSR count). The van der Waals surface area contributed by atoms with Crippen LogP contribution in [0.1, 0.15) is 6.92 Å². The third-order valence-electron chi connectivity index (χ3n) is 4.09. The van der Waals surface area contributed by atoms with Crippen molar-refractivity contribution in [1.29, 1.82) is 0 Å². The monoisotopic (exact) mass is 361 g/mol. The Balaban J connectivity index is 2.39. The highest BCUT2D eigenvalue weighted by Crippen LogP contribution is 2.48. The molecular formula is C11H15N5O7S. The van der Waals surface area contributed by atoms with Crippen LogP contribution in [-0.2, 0) is 19.9 Å². The van der Waals surface area contributed by atoms with Crippen molar-refractivity contribution in [2.75, 3.05) is 12.3 Å². The number of nitrogens with zero attached hydrogens (tertiary/aromatic N) is 4. The number of hydrogen-bond acceptors (Lipinski definition) is 10. The van der Waals surface area contributed by atoms with E-state index in [-0.39, 0.29) is 17.0 Å². The van der Waals surface area contributed by atoms with Gasteiger partial charge in [0.25, 0.3) is 0 Å². The molecule has 6 N–H and O–H groups in total. The first-order chi connectivity index (χ1) is 11.1. The number of aliphatic hydroxyl groups excluding tert-OH is 2. The van der Waals surface area contributed by atoms with Crippen molar-refractivity contribution in [3.8, 4) is 0 Å². The van der Waals surface area contributed by atoms with Gasteiger partial charge in [-0.25, -0.2) is 15.0 Å². The molecule has 2 aromatic rings. The summed E-state index contributed by atoms with van der Waals surface area (Å²) in [6.07, 6.45) is -1.37. The summed E-state index contributed by atoms with van der Waals surface area (Å²) >= 11 is 0. The van der Waals surface area contributed by atoms with Crippen LogP contribution in [0.25, 0.3) is 11.2 Å². The summed E-state index contributed by atoms with van der Waals surface area (Å²) in [7, 11) is -5.20. The fourth-order valence-electron chi connectivity index (χ4n) is 2.89. The molecule has 0 saturated carbocycles. The van der Waals surface area contributed by atoms with E-state index in [1.807, 2.05) is 0 Å². The number of nitrogen functional groups attached to an aromatic ring is 1. The Morgan fingerprint density at radius 1 is 1.42 bits per heavy atom. The van der Waals surface area contributed by atoms with Gasteiger partial charge in [0.1, 0.15) is 30.4 Å². The summed E-state index contributed by atoms with van der Waals surface area (Å²) in [5, 5.41) is 27.2. The molecule has 3 heterocycles. The fourth-order valence-corrected chi connectivity index (χ4v) is 4.16. The minimum absolute atomic E-state index is 0.00173. The molecule has 0 aromatic carbocycles. The average molecular weight is 361 g/mol. The van der Waals surface area contributed by atoms with Gasteiger partial charge < -0.3 is 25.8 Å². The quantitative estimate of drug-likeness (QED) is 0.360. The molecule has 2 aromatic heterocycles. The first-order valence-corrected chi connectivity index (χ1v) is 8.12. The zero-order valence-corrected chi connectivity index (χ0v) is 13.1. The van der Waals surface area contributed by atoms with Gasteiger partial charge in [-0.15, -0.1) is 0 Å². The van der Waals surface area contributed by atoms with Gasteiger partial charge in [-0.05, 0) is 6.92 Å². The van der Waals surface area contributed by atoms with Crippen molar-refractivity contribution >= 4 is 27.1 Å². The highest BCUT2D eigenvalue weighted by molar-refractivity contribution is 7.86. The van der Waals surface area contributed by atoms with Gasteiger partial charge in [0.05, 0.1) is 6.61 Å². The van der Waals surface area contributed by atoms with E-state index in [9.17, 15) is 28.3 Å². The molecule has 4 atom stereocenters. The van der Waals surface area contributed by atoms with Crippen LogP contribution in [0, 0.1) is 0 Å². The fraction of sp³-hybridized carbons (Fsp3) is 0.545. The number of fused-ring (bicyclic) bond motifs is 1. The van der Waals surface area contributed by atoms with Crippen LogP contribution in [0.5, 0.6) is 0 Å². The molecule has 12 nitrogen and oxygen atoms in total. The van der Waals surface area contributed by atoms with Crippen molar-refractivity contribution in [2.24, 2.45) is 0 Å². The predicted octanol–water partition coefficient (Wildman–Crippen LogP) is -2.59. The highest BCUT2D eigenvalue weighted by atomic mass is 32.2. The molecule has 0 spiro atoms. The lowest BCUT2D eigenvalue weighted by Gasteiger charge is -2.36. The van der Waals surface area contributed by atoms with Gasteiger partial charge in [-0.2, -0.15) is 8.42 Å². The van der Waals surface area contributed by atoms with Crippen LogP contribution in [0.4, 0.5) is 5.82 Å². The molecule has 0 amide bonds. The van der Waals surface area contributed by atoms with Crippen molar-refractivity contribution in [3.05, 3.63) is 12.7 Å². The Morgan fingerprint density at radius 2 is 2.08 bits per heavy atom. The molecule has 0 aliphatic carbocycles. The number of hydrogen-bond donors (Lipinski definition) is 5. The first-order valence-electron chi connectivity index (χ1n) is 6.68. The summed E-state index contributed by atoms with van der Waals surface area (Å²) in [5.74, 6) is -0.0684. The largest absolute Gasteiger partial charge is 0.394 e. The Hall–Kier alpha value is -1.90. The molecule has 0 radical (unpaired) electrons. The summed E-state index contributed by atoms with van der Waals surface area (Å²) in [6.45, 7) is 0.135. The zero-order valence-electron chi connectivity index (χ0n) is 12.3. The molecule has 1 aliphatic rings. The van der Waals surface area contributed by atoms with Crippen molar-refractivity contribution < 1.29 is 33.0 Å². The Labute approximate surface area is 135 Å². The summed E-state index contributed by atoms with van der Waals surface area (Å²) in [4.78, 5) is 11.4. The smallest absolute Gasteiger partial charge is 0.319 e.